The molecule has 2 saturated heterocycles. The summed E-state index contributed by atoms with van der Waals surface area (Å²) in [6.45, 7) is 7.34. The van der Waals surface area contributed by atoms with Gasteiger partial charge in [-0.2, -0.15) is 0 Å². The third-order valence-electron chi connectivity index (χ3n) is 4.80. The third kappa shape index (κ3) is 2.67. The van der Waals surface area contributed by atoms with Crippen LogP contribution in [0.3, 0.4) is 0 Å². The average Bonchev–Trinajstić information content (AvgIpc) is 3.00. The summed E-state index contributed by atoms with van der Waals surface area (Å²) in [5.41, 5.74) is 3.28. The van der Waals surface area contributed by atoms with Crippen molar-refractivity contribution in [1.29, 1.82) is 0 Å². The zero-order chi connectivity index (χ0) is 15.9. The Bertz CT molecular complexity index is 611. The monoisotopic (exact) mass is 302 g/mol. The number of hydrogen-bond acceptors (Lipinski definition) is 3. The maximum Gasteiger partial charge on any atom is 0.260 e. The van der Waals surface area contributed by atoms with Crippen molar-refractivity contribution in [2.75, 3.05) is 19.7 Å². The fraction of sp³-hybridized carbons (Fsp3) is 0.529. The van der Waals surface area contributed by atoms with Gasteiger partial charge in [-0.05, 0) is 37.5 Å². The summed E-state index contributed by atoms with van der Waals surface area (Å²) in [4.78, 5) is 25.4. The number of hydrogen-bond donors (Lipinski definition) is 1. The van der Waals surface area contributed by atoms with Crippen molar-refractivity contribution in [3.63, 3.8) is 0 Å². The van der Waals surface area contributed by atoms with Crippen molar-refractivity contribution in [3.05, 3.63) is 28.8 Å². The molecule has 5 nitrogen and oxygen atoms in total. The molecule has 0 aliphatic carbocycles. The minimum absolute atomic E-state index is 0.0102. The number of nitrogens with zero attached hydrogens (tertiary/aromatic N) is 1. The SMILES string of the molecule is Cc1ccc(C)c(OCC(=O)N2C[C@@H]3CC(=O)N[C@@H]3C2)c1C. The summed E-state index contributed by atoms with van der Waals surface area (Å²) >= 11 is 0. The van der Waals surface area contributed by atoms with Gasteiger partial charge >= 0.3 is 0 Å². The van der Waals surface area contributed by atoms with E-state index in [0.29, 0.717) is 19.5 Å². The van der Waals surface area contributed by atoms with Gasteiger partial charge in [0.25, 0.3) is 5.91 Å². The molecule has 2 aliphatic heterocycles. The van der Waals surface area contributed by atoms with Gasteiger partial charge in [-0.25, -0.2) is 0 Å². The molecule has 118 valence electrons. The molecule has 0 unspecified atom stereocenters. The third-order valence-corrected chi connectivity index (χ3v) is 4.80. The van der Waals surface area contributed by atoms with E-state index in [9.17, 15) is 9.59 Å². The van der Waals surface area contributed by atoms with Crippen LogP contribution in [0.15, 0.2) is 12.1 Å². The van der Waals surface area contributed by atoms with Gasteiger partial charge in [0.1, 0.15) is 5.75 Å². The lowest BCUT2D eigenvalue weighted by Gasteiger charge is -2.19. The molecule has 5 heteroatoms. The van der Waals surface area contributed by atoms with Crippen molar-refractivity contribution in [2.45, 2.75) is 33.2 Å². The molecule has 0 spiro atoms. The van der Waals surface area contributed by atoms with Crippen molar-refractivity contribution in [2.24, 2.45) is 5.92 Å². The number of likely N-dealkylation sites (tertiary alicyclic amines) is 1. The number of carbonyl (C=O) groups is 2. The summed E-state index contributed by atoms with van der Waals surface area (Å²) in [7, 11) is 0. The Kier molecular flexibility index (Phi) is 3.81. The summed E-state index contributed by atoms with van der Waals surface area (Å²) < 4.78 is 5.79. The number of nitrogens with one attached hydrogen (secondary N) is 1. The first-order chi connectivity index (χ1) is 10.5. The Labute approximate surface area is 130 Å². The molecule has 2 aliphatic rings. The lowest BCUT2D eigenvalue weighted by molar-refractivity contribution is -0.133. The Hall–Kier alpha value is -2.04. The maximum atomic E-state index is 12.3. The smallest absolute Gasteiger partial charge is 0.260 e. The molecule has 22 heavy (non-hydrogen) atoms. The van der Waals surface area contributed by atoms with Gasteiger partial charge in [0, 0.05) is 25.4 Å². The van der Waals surface area contributed by atoms with E-state index < -0.39 is 0 Å². The van der Waals surface area contributed by atoms with Crippen LogP contribution in [-0.2, 0) is 9.59 Å². The van der Waals surface area contributed by atoms with E-state index >= 15 is 0 Å². The largest absolute Gasteiger partial charge is 0.483 e. The molecule has 1 N–H and O–H groups in total. The molecule has 0 saturated carbocycles. The number of aryl methyl sites for hydroxylation is 2. The van der Waals surface area contributed by atoms with Crippen molar-refractivity contribution in [1.82, 2.24) is 10.2 Å². The van der Waals surface area contributed by atoms with E-state index in [-0.39, 0.29) is 30.4 Å². The van der Waals surface area contributed by atoms with E-state index in [0.717, 1.165) is 22.4 Å². The standard InChI is InChI=1S/C17H22N2O3/c1-10-4-5-11(2)17(12(10)3)22-9-16(21)19-7-13-6-15(20)18-14(13)8-19/h4-5,13-14H,6-9H2,1-3H3,(H,18,20)/t13-,14+/m0/s1. The van der Waals surface area contributed by atoms with Crippen LogP contribution in [0.5, 0.6) is 5.75 Å². The molecule has 0 aromatic heterocycles. The van der Waals surface area contributed by atoms with Crippen molar-refractivity contribution in [3.8, 4) is 5.75 Å². The Balaban J connectivity index is 1.60. The fourth-order valence-corrected chi connectivity index (χ4v) is 3.32. The molecule has 2 fully saturated rings. The van der Waals surface area contributed by atoms with Gasteiger partial charge < -0.3 is 15.0 Å². The number of ether oxygens (including phenoxy) is 1. The lowest BCUT2D eigenvalue weighted by Crippen LogP contribution is -2.37. The van der Waals surface area contributed by atoms with Gasteiger partial charge in [-0.1, -0.05) is 12.1 Å². The Morgan fingerprint density at radius 2 is 2.00 bits per heavy atom. The first-order valence-electron chi connectivity index (χ1n) is 7.72. The molecular formula is C17H22N2O3. The summed E-state index contributed by atoms with van der Waals surface area (Å²) in [5.74, 6) is 1.16. The number of rotatable bonds is 3. The zero-order valence-electron chi connectivity index (χ0n) is 13.3. The van der Waals surface area contributed by atoms with Crippen LogP contribution in [0.4, 0.5) is 0 Å². The minimum atomic E-state index is -0.0102. The van der Waals surface area contributed by atoms with E-state index in [4.69, 9.17) is 4.74 Å². The van der Waals surface area contributed by atoms with Crippen LogP contribution in [0.1, 0.15) is 23.1 Å². The highest BCUT2D eigenvalue weighted by Crippen LogP contribution is 2.27. The molecule has 2 heterocycles. The number of fused-ring (bicyclic) bond motifs is 1. The highest BCUT2D eigenvalue weighted by molar-refractivity contribution is 5.82. The van der Waals surface area contributed by atoms with E-state index in [1.54, 1.807) is 4.90 Å². The van der Waals surface area contributed by atoms with Gasteiger partial charge in [0.2, 0.25) is 5.91 Å². The Morgan fingerprint density at radius 1 is 1.27 bits per heavy atom. The van der Waals surface area contributed by atoms with Crippen LogP contribution >= 0.6 is 0 Å². The van der Waals surface area contributed by atoms with Crippen molar-refractivity contribution < 1.29 is 14.3 Å². The Morgan fingerprint density at radius 3 is 2.73 bits per heavy atom. The second kappa shape index (κ2) is 5.63. The topological polar surface area (TPSA) is 58.6 Å². The molecule has 3 rings (SSSR count). The van der Waals surface area contributed by atoms with Crippen molar-refractivity contribution >= 4 is 11.8 Å². The second-order valence-corrected chi connectivity index (χ2v) is 6.38. The highest BCUT2D eigenvalue weighted by atomic mass is 16.5. The zero-order valence-corrected chi connectivity index (χ0v) is 13.3. The van der Waals surface area contributed by atoms with E-state index in [2.05, 4.69) is 11.4 Å². The fourth-order valence-electron chi connectivity index (χ4n) is 3.32. The molecule has 1 aromatic rings. The second-order valence-electron chi connectivity index (χ2n) is 6.38. The number of carbonyl (C=O) groups excluding carboxylic acids is 2. The molecule has 2 amide bonds. The molecule has 0 radical (unpaired) electrons. The summed E-state index contributed by atoms with van der Waals surface area (Å²) in [5, 5.41) is 2.93. The van der Waals surface area contributed by atoms with Gasteiger partial charge in [0.15, 0.2) is 6.61 Å². The molecule has 2 atom stereocenters. The normalized spacial score (nSPS) is 23.4. The van der Waals surface area contributed by atoms with Crippen LogP contribution in [0, 0.1) is 26.7 Å². The van der Waals surface area contributed by atoms with E-state index in [1.165, 1.54) is 0 Å². The van der Waals surface area contributed by atoms with Crippen LogP contribution in [0.25, 0.3) is 0 Å². The molecule has 0 bridgehead atoms. The summed E-state index contributed by atoms with van der Waals surface area (Å²) in [6.07, 6.45) is 0.533. The lowest BCUT2D eigenvalue weighted by atomic mass is 10.1. The average molecular weight is 302 g/mol. The maximum absolute atomic E-state index is 12.3. The van der Waals surface area contributed by atoms with E-state index in [1.807, 2.05) is 26.8 Å². The van der Waals surface area contributed by atoms with Crippen LogP contribution in [0.2, 0.25) is 0 Å². The van der Waals surface area contributed by atoms with Crippen LogP contribution in [-0.4, -0.2) is 42.5 Å². The van der Waals surface area contributed by atoms with Gasteiger partial charge in [0.05, 0.1) is 6.04 Å². The van der Waals surface area contributed by atoms with Crippen LogP contribution < -0.4 is 10.1 Å². The first kappa shape index (κ1) is 14.9. The molecular weight excluding hydrogens is 280 g/mol. The quantitative estimate of drug-likeness (QED) is 0.916. The predicted octanol–water partition coefficient (Wildman–Crippen LogP) is 1.34. The summed E-state index contributed by atoms with van der Waals surface area (Å²) in [6, 6.07) is 4.20. The highest BCUT2D eigenvalue weighted by Gasteiger charge is 2.41. The van der Waals surface area contributed by atoms with Gasteiger partial charge in [-0.15, -0.1) is 0 Å². The minimum Gasteiger partial charge on any atom is -0.483 e. The number of amides is 2. The number of benzene rings is 1. The molecule has 1 aromatic carbocycles. The first-order valence-corrected chi connectivity index (χ1v) is 7.72. The van der Waals surface area contributed by atoms with Gasteiger partial charge in [-0.3, -0.25) is 9.59 Å². The predicted molar refractivity (Wildman–Crippen MR) is 82.8 cm³/mol.